The summed E-state index contributed by atoms with van der Waals surface area (Å²) in [5, 5.41) is 6.60. The summed E-state index contributed by atoms with van der Waals surface area (Å²) in [7, 11) is 1.41. The molecule has 3 rings (SSSR count). The molecule has 0 bridgehead atoms. The Bertz CT molecular complexity index is 816. The van der Waals surface area contributed by atoms with E-state index in [0.717, 1.165) is 13.0 Å². The Balaban J connectivity index is 1.92. The van der Waals surface area contributed by atoms with Crippen LogP contribution in [0.3, 0.4) is 0 Å². The summed E-state index contributed by atoms with van der Waals surface area (Å²) in [6, 6.07) is 18.4. The van der Waals surface area contributed by atoms with E-state index in [4.69, 9.17) is 4.74 Å². The average Bonchev–Trinajstić information content (AvgIpc) is 3.15. The van der Waals surface area contributed by atoms with Crippen molar-refractivity contribution in [3.8, 4) is 0 Å². The van der Waals surface area contributed by atoms with Crippen LogP contribution in [0, 0.1) is 0 Å². The lowest BCUT2D eigenvalue weighted by Crippen LogP contribution is -2.35. The number of carbonyl (C=O) groups excluding carboxylic acids is 1. The largest absolute Gasteiger partial charge is 0.453 e. The van der Waals surface area contributed by atoms with E-state index in [0.29, 0.717) is 0 Å². The van der Waals surface area contributed by atoms with Crippen LogP contribution in [0.25, 0.3) is 0 Å². The van der Waals surface area contributed by atoms with Crippen molar-refractivity contribution in [1.29, 1.82) is 0 Å². The van der Waals surface area contributed by atoms with Crippen molar-refractivity contribution in [2.45, 2.75) is 76.8 Å². The summed E-state index contributed by atoms with van der Waals surface area (Å²) in [6.07, 6.45) is 0.495. The van der Waals surface area contributed by atoms with Crippen LogP contribution in [-0.2, 0) is 15.6 Å². The van der Waals surface area contributed by atoms with Crippen LogP contribution in [-0.4, -0.2) is 31.8 Å². The van der Waals surface area contributed by atoms with Crippen LogP contribution in [0.2, 0.25) is 0 Å². The van der Waals surface area contributed by atoms with Gasteiger partial charge in [0.1, 0.15) is 0 Å². The number of hydrogen-bond acceptors (Lipinski definition) is 3. The van der Waals surface area contributed by atoms with Gasteiger partial charge in [0.25, 0.3) is 0 Å². The molecule has 0 aromatic heterocycles. The number of hydrogen-bond donors (Lipinski definition) is 2. The smallest absolute Gasteiger partial charge is 0.407 e. The molecule has 1 saturated heterocycles. The third-order valence-corrected chi connectivity index (χ3v) is 6.35. The van der Waals surface area contributed by atoms with Crippen LogP contribution >= 0.6 is 0 Å². The fourth-order valence-corrected chi connectivity index (χ4v) is 4.39. The number of carbonyl (C=O) groups is 1. The Morgan fingerprint density at radius 1 is 0.903 bits per heavy atom. The van der Waals surface area contributed by atoms with Crippen molar-refractivity contribution in [3.05, 3.63) is 70.8 Å². The summed E-state index contributed by atoms with van der Waals surface area (Å²) in [5.41, 5.74) is 5.53. The zero-order valence-electron chi connectivity index (χ0n) is 20.1. The van der Waals surface area contributed by atoms with E-state index in [1.165, 1.54) is 29.4 Å². The maximum atomic E-state index is 11.7. The molecule has 0 radical (unpaired) electrons. The first kappa shape index (κ1) is 23.3. The van der Waals surface area contributed by atoms with E-state index < -0.39 is 0 Å². The molecule has 31 heavy (non-hydrogen) atoms. The molecule has 4 nitrogen and oxygen atoms in total. The molecule has 2 aromatic carbocycles. The fraction of sp³-hybridized carbons (Fsp3) is 0.519. The van der Waals surface area contributed by atoms with Crippen LogP contribution < -0.4 is 10.6 Å². The lowest BCUT2D eigenvalue weighted by atomic mass is 9.80. The summed E-state index contributed by atoms with van der Waals surface area (Å²) >= 11 is 0. The average molecular weight is 423 g/mol. The molecule has 168 valence electrons. The third-order valence-electron chi connectivity index (χ3n) is 6.35. The minimum absolute atomic E-state index is 0.0719. The number of methoxy groups -OCH3 is 1. The Morgan fingerprint density at radius 2 is 1.35 bits per heavy atom. The van der Waals surface area contributed by atoms with Gasteiger partial charge in [-0.1, -0.05) is 90.1 Å². The molecular formula is C27H38N2O2. The van der Waals surface area contributed by atoms with Gasteiger partial charge in [-0.2, -0.15) is 0 Å². The summed E-state index contributed by atoms with van der Waals surface area (Å²) in [6.45, 7) is 14.2. The highest BCUT2D eigenvalue weighted by Gasteiger charge is 2.33. The molecule has 1 heterocycles. The Labute approximate surface area is 187 Å². The van der Waals surface area contributed by atoms with Crippen LogP contribution in [0.15, 0.2) is 48.5 Å². The number of benzene rings is 2. The van der Waals surface area contributed by atoms with Gasteiger partial charge in [0.05, 0.1) is 7.11 Å². The highest BCUT2D eigenvalue weighted by molar-refractivity contribution is 5.67. The minimum Gasteiger partial charge on any atom is -0.453 e. The van der Waals surface area contributed by atoms with E-state index in [-0.39, 0.29) is 34.9 Å². The zero-order chi connectivity index (χ0) is 22.8. The summed E-state index contributed by atoms with van der Waals surface area (Å²) in [4.78, 5) is 11.7. The second-order valence-corrected chi connectivity index (χ2v) is 10.8. The van der Waals surface area contributed by atoms with Gasteiger partial charge in [-0.3, -0.25) is 0 Å². The molecule has 1 aliphatic rings. The van der Waals surface area contributed by atoms with Gasteiger partial charge >= 0.3 is 6.09 Å². The second-order valence-electron chi connectivity index (χ2n) is 10.8. The van der Waals surface area contributed by atoms with Gasteiger partial charge in [0, 0.05) is 24.5 Å². The molecule has 0 saturated carbocycles. The molecule has 4 heteroatoms. The van der Waals surface area contributed by atoms with Crippen LogP contribution in [0.1, 0.15) is 76.1 Å². The first-order valence-electron chi connectivity index (χ1n) is 11.3. The number of amides is 1. The van der Waals surface area contributed by atoms with E-state index in [1.54, 1.807) is 0 Å². The number of rotatable bonds is 4. The highest BCUT2D eigenvalue weighted by Crippen LogP contribution is 2.35. The van der Waals surface area contributed by atoms with E-state index >= 15 is 0 Å². The van der Waals surface area contributed by atoms with Crippen molar-refractivity contribution < 1.29 is 9.53 Å². The SMILES string of the molecule is COC(=O)N[C@H]1CN[C@H](C(c2ccc(C(C)(C)C)cc2)c2ccc(C(C)(C)C)cc2)C1. The Morgan fingerprint density at radius 3 is 1.74 bits per heavy atom. The first-order chi connectivity index (χ1) is 14.5. The molecule has 2 atom stereocenters. The van der Waals surface area contributed by atoms with Gasteiger partial charge < -0.3 is 15.4 Å². The molecular weight excluding hydrogens is 384 g/mol. The van der Waals surface area contributed by atoms with Gasteiger partial charge in [0.2, 0.25) is 0 Å². The van der Waals surface area contributed by atoms with Crippen molar-refractivity contribution in [3.63, 3.8) is 0 Å². The molecule has 0 spiro atoms. The van der Waals surface area contributed by atoms with E-state index in [1.807, 2.05) is 0 Å². The number of nitrogens with one attached hydrogen (secondary N) is 2. The van der Waals surface area contributed by atoms with Crippen molar-refractivity contribution >= 4 is 6.09 Å². The first-order valence-corrected chi connectivity index (χ1v) is 11.3. The van der Waals surface area contributed by atoms with E-state index in [9.17, 15) is 4.79 Å². The Hall–Kier alpha value is -2.33. The van der Waals surface area contributed by atoms with Gasteiger partial charge in [-0.25, -0.2) is 4.79 Å². The molecule has 1 amide bonds. The quantitative estimate of drug-likeness (QED) is 0.684. The molecule has 0 aliphatic carbocycles. The van der Waals surface area contributed by atoms with Crippen LogP contribution in [0.4, 0.5) is 4.79 Å². The molecule has 2 aromatic rings. The minimum atomic E-state index is -0.368. The topological polar surface area (TPSA) is 50.4 Å². The number of alkyl carbamates (subject to hydrolysis) is 1. The lowest BCUT2D eigenvalue weighted by molar-refractivity contribution is 0.167. The predicted octanol–water partition coefficient (Wildman–Crippen LogP) is 5.50. The maximum absolute atomic E-state index is 11.7. The molecule has 1 aliphatic heterocycles. The normalized spacial score (nSPS) is 19.5. The zero-order valence-corrected chi connectivity index (χ0v) is 20.1. The summed E-state index contributed by atoms with van der Waals surface area (Å²) in [5.74, 6) is 0.215. The fourth-order valence-electron chi connectivity index (χ4n) is 4.39. The van der Waals surface area contributed by atoms with Gasteiger partial charge in [0.15, 0.2) is 0 Å². The Kier molecular flexibility index (Phi) is 6.80. The van der Waals surface area contributed by atoms with E-state index in [2.05, 4.69) is 101 Å². The monoisotopic (exact) mass is 422 g/mol. The van der Waals surface area contributed by atoms with Gasteiger partial charge in [-0.05, 0) is 39.5 Å². The second kappa shape index (κ2) is 9.04. The van der Waals surface area contributed by atoms with Crippen LogP contribution in [0.5, 0.6) is 0 Å². The number of ether oxygens (including phenoxy) is 1. The van der Waals surface area contributed by atoms with Crippen molar-refractivity contribution in [1.82, 2.24) is 10.6 Å². The molecule has 2 N–H and O–H groups in total. The standard InChI is InChI=1S/C27H38N2O2/c1-26(2,3)20-12-8-18(9-13-20)24(19-10-14-21(15-11-19)27(4,5)6)23-16-22(17-28-23)29-25(30)31-7/h8-15,22-24,28H,16-17H2,1-7H3,(H,29,30)/t22-,23+/m1/s1. The molecule has 0 unspecified atom stereocenters. The van der Waals surface area contributed by atoms with Gasteiger partial charge in [-0.15, -0.1) is 0 Å². The predicted molar refractivity (Wildman–Crippen MR) is 128 cm³/mol. The van der Waals surface area contributed by atoms with Crippen molar-refractivity contribution in [2.24, 2.45) is 0 Å². The third kappa shape index (κ3) is 5.68. The maximum Gasteiger partial charge on any atom is 0.407 e. The summed E-state index contributed by atoms with van der Waals surface area (Å²) < 4.78 is 4.79. The lowest BCUT2D eigenvalue weighted by Gasteiger charge is -2.27. The highest BCUT2D eigenvalue weighted by atomic mass is 16.5. The van der Waals surface area contributed by atoms with Crippen molar-refractivity contribution in [2.75, 3.05) is 13.7 Å². The molecule has 1 fully saturated rings.